The summed E-state index contributed by atoms with van der Waals surface area (Å²) in [6.07, 6.45) is -0.327. The number of anilines is 3. The third kappa shape index (κ3) is 5.75. The molecule has 0 radical (unpaired) electrons. The number of urea groups is 1. The van der Waals surface area contributed by atoms with Gasteiger partial charge in [-0.2, -0.15) is 13.2 Å². The van der Waals surface area contributed by atoms with Gasteiger partial charge in [-0.15, -0.1) is 0 Å². The van der Waals surface area contributed by atoms with Gasteiger partial charge in [0.2, 0.25) is 5.88 Å². The summed E-state index contributed by atoms with van der Waals surface area (Å²) in [6, 6.07) is 5.65. The van der Waals surface area contributed by atoms with Gasteiger partial charge in [0.05, 0.1) is 30.1 Å². The molecule has 1 aromatic carbocycles. The number of nitrogens with one attached hydrogen (secondary N) is 1. The van der Waals surface area contributed by atoms with E-state index < -0.39 is 23.6 Å². The number of carbonyl (C=O) groups is 1. The van der Waals surface area contributed by atoms with Gasteiger partial charge < -0.3 is 19.1 Å². The van der Waals surface area contributed by atoms with Crippen molar-refractivity contribution in [2.75, 3.05) is 41.4 Å². The number of hydrogen-bond donors (Lipinski definition) is 1. The Kier molecular flexibility index (Phi) is 6.90. The number of amides is 2. The first-order valence-electron chi connectivity index (χ1n) is 13.2. The van der Waals surface area contributed by atoms with Crippen molar-refractivity contribution in [2.24, 2.45) is 0 Å². The van der Waals surface area contributed by atoms with E-state index in [0.29, 0.717) is 24.7 Å². The second-order valence-corrected chi connectivity index (χ2v) is 10.5. The Labute approximate surface area is 233 Å². The maximum Gasteiger partial charge on any atom is 0.416 e. The first kappa shape index (κ1) is 27.1. The van der Waals surface area contributed by atoms with Crippen LogP contribution in [0.1, 0.15) is 32.3 Å². The Balaban J connectivity index is 1.24. The van der Waals surface area contributed by atoms with Crippen LogP contribution < -0.4 is 19.9 Å². The van der Waals surface area contributed by atoms with Gasteiger partial charge in [0.25, 0.3) is 0 Å². The number of benzene rings is 1. The highest BCUT2D eigenvalue weighted by Gasteiger charge is 2.39. The molecule has 1 unspecified atom stereocenters. The minimum Gasteiger partial charge on any atom is -0.475 e. The Morgan fingerprint density at radius 3 is 2.85 bits per heavy atom. The summed E-state index contributed by atoms with van der Waals surface area (Å²) in [5, 5.41) is 2.80. The van der Waals surface area contributed by atoms with E-state index in [0.717, 1.165) is 31.5 Å². The monoisotopic (exact) mass is 571 g/mol. The molecule has 41 heavy (non-hydrogen) atoms. The van der Waals surface area contributed by atoms with E-state index >= 15 is 0 Å². The summed E-state index contributed by atoms with van der Waals surface area (Å²) >= 11 is 0. The van der Waals surface area contributed by atoms with Gasteiger partial charge in [-0.1, -0.05) is 12.1 Å². The maximum atomic E-state index is 13.7. The maximum absolute atomic E-state index is 13.7. The summed E-state index contributed by atoms with van der Waals surface area (Å²) in [5.41, 5.74) is 0.0376. The topological polar surface area (TPSA) is 115 Å². The molecule has 2 atom stereocenters. The van der Waals surface area contributed by atoms with Crippen LogP contribution in [0.3, 0.4) is 0 Å². The van der Waals surface area contributed by atoms with Crippen LogP contribution in [0.15, 0.2) is 42.9 Å². The number of ether oxygens (including phenoxy) is 3. The molecule has 2 amide bonds. The molecule has 6 rings (SSSR count). The van der Waals surface area contributed by atoms with Gasteiger partial charge in [-0.05, 0) is 38.8 Å². The lowest BCUT2D eigenvalue weighted by Crippen LogP contribution is -2.56. The lowest BCUT2D eigenvalue weighted by Gasteiger charge is -2.45. The fourth-order valence-corrected chi connectivity index (χ4v) is 5.24. The van der Waals surface area contributed by atoms with Gasteiger partial charge in [0, 0.05) is 24.7 Å². The lowest BCUT2D eigenvalue weighted by molar-refractivity contribution is -0.141. The van der Waals surface area contributed by atoms with Crippen LogP contribution in [0.2, 0.25) is 0 Å². The number of hydrogen-bond acceptors (Lipinski definition) is 9. The molecule has 3 aliphatic heterocycles. The van der Waals surface area contributed by atoms with Crippen LogP contribution in [-0.4, -0.2) is 70.2 Å². The predicted octanol–water partition coefficient (Wildman–Crippen LogP) is 4.50. The van der Waals surface area contributed by atoms with E-state index in [1.54, 1.807) is 6.20 Å². The van der Waals surface area contributed by atoms with Crippen molar-refractivity contribution in [3.8, 4) is 17.3 Å². The molecule has 2 fully saturated rings. The van der Waals surface area contributed by atoms with Gasteiger partial charge >= 0.3 is 12.2 Å². The van der Waals surface area contributed by atoms with Crippen molar-refractivity contribution in [1.29, 1.82) is 0 Å². The molecule has 0 spiro atoms. The quantitative estimate of drug-likeness (QED) is 0.473. The van der Waals surface area contributed by atoms with E-state index in [2.05, 4.69) is 30.2 Å². The van der Waals surface area contributed by atoms with Crippen LogP contribution in [0.5, 0.6) is 5.88 Å². The van der Waals surface area contributed by atoms with Crippen molar-refractivity contribution in [2.45, 2.75) is 50.8 Å². The van der Waals surface area contributed by atoms with Crippen molar-refractivity contribution >= 4 is 23.4 Å². The molecule has 11 nitrogen and oxygen atoms in total. The number of halogens is 3. The summed E-state index contributed by atoms with van der Waals surface area (Å²) in [6.45, 7) is 5.60. The van der Waals surface area contributed by atoms with Crippen LogP contribution in [0, 0.1) is 0 Å². The minimum absolute atomic E-state index is 0.0906. The highest BCUT2D eigenvalue weighted by atomic mass is 19.4. The SMILES string of the molecule is CC1(C)OC[C@@H](COc2cc(NC(=O)N3c4nc(-c5cccc(C(F)(F)F)c5)ncc4N4CCCC3C4)ncn2)O1. The van der Waals surface area contributed by atoms with E-state index in [1.807, 2.05) is 13.8 Å². The second-order valence-electron chi connectivity index (χ2n) is 10.5. The first-order chi connectivity index (χ1) is 19.6. The summed E-state index contributed by atoms with van der Waals surface area (Å²) in [7, 11) is 0. The van der Waals surface area contributed by atoms with Crippen LogP contribution in [0.4, 0.5) is 35.3 Å². The fourth-order valence-electron chi connectivity index (χ4n) is 5.24. The molecule has 2 aromatic heterocycles. The highest BCUT2D eigenvalue weighted by molar-refractivity contribution is 6.04. The predicted molar refractivity (Wildman–Crippen MR) is 142 cm³/mol. The van der Waals surface area contributed by atoms with Gasteiger partial charge in [0.1, 0.15) is 24.9 Å². The Morgan fingerprint density at radius 1 is 1.22 bits per heavy atom. The Hall–Kier alpha value is -4.04. The fraction of sp³-hybridized carbons (Fsp3) is 0.444. The van der Waals surface area contributed by atoms with Crippen molar-refractivity contribution in [3.05, 3.63) is 48.4 Å². The first-order valence-corrected chi connectivity index (χ1v) is 13.2. The third-order valence-corrected chi connectivity index (χ3v) is 7.11. The number of piperidine rings is 1. The zero-order chi connectivity index (χ0) is 28.8. The van der Waals surface area contributed by atoms with Gasteiger partial charge in [0.15, 0.2) is 17.4 Å². The standard InChI is InChI=1S/C27H28F3N7O4/c1-26(2)40-14-19(41-26)13-39-22-10-21(32-15-33-22)34-25(38)37-18-7-4-8-36(12-18)20-11-31-23(35-24(20)37)16-5-3-6-17(9-16)27(28,29)30/h3,5-6,9-11,15,18-19H,4,7-8,12-14H2,1-2H3,(H,32,33,34,38)/t18?,19-/m1/s1. The van der Waals surface area contributed by atoms with Gasteiger partial charge in [-0.25, -0.2) is 24.7 Å². The number of aromatic nitrogens is 4. The molecule has 0 aliphatic carbocycles. The molecule has 1 N–H and O–H groups in total. The molecule has 5 heterocycles. The molecule has 3 aromatic rings. The molecular weight excluding hydrogens is 543 g/mol. The molecule has 2 saturated heterocycles. The zero-order valence-electron chi connectivity index (χ0n) is 22.4. The summed E-state index contributed by atoms with van der Waals surface area (Å²) in [4.78, 5) is 34.5. The number of fused-ring (bicyclic) bond motifs is 4. The van der Waals surface area contributed by atoms with E-state index in [9.17, 15) is 18.0 Å². The summed E-state index contributed by atoms with van der Waals surface area (Å²) in [5.74, 6) is 0.208. The minimum atomic E-state index is -4.51. The molecule has 216 valence electrons. The number of nitrogens with zero attached hydrogens (tertiary/aromatic N) is 6. The smallest absolute Gasteiger partial charge is 0.416 e. The largest absolute Gasteiger partial charge is 0.475 e. The normalized spacial score (nSPS) is 21.4. The lowest BCUT2D eigenvalue weighted by atomic mass is 10.0. The third-order valence-electron chi connectivity index (χ3n) is 7.11. The van der Waals surface area contributed by atoms with Crippen LogP contribution in [-0.2, 0) is 15.7 Å². The van der Waals surface area contributed by atoms with E-state index in [-0.39, 0.29) is 41.8 Å². The van der Waals surface area contributed by atoms with Crippen molar-refractivity contribution < 1.29 is 32.2 Å². The Bertz CT molecular complexity index is 1450. The Morgan fingerprint density at radius 2 is 2.07 bits per heavy atom. The number of alkyl halides is 3. The molecule has 3 aliphatic rings. The van der Waals surface area contributed by atoms with Gasteiger partial charge in [-0.3, -0.25) is 10.2 Å². The molecule has 0 saturated carbocycles. The second kappa shape index (κ2) is 10.4. The van der Waals surface area contributed by atoms with E-state index in [4.69, 9.17) is 14.2 Å². The van der Waals surface area contributed by atoms with Crippen LogP contribution >= 0.6 is 0 Å². The molecule has 14 heteroatoms. The van der Waals surface area contributed by atoms with Crippen molar-refractivity contribution in [3.63, 3.8) is 0 Å². The molecular formula is C27H28F3N7O4. The highest BCUT2D eigenvalue weighted by Crippen LogP contribution is 2.39. The summed E-state index contributed by atoms with van der Waals surface area (Å²) < 4.78 is 57.0. The van der Waals surface area contributed by atoms with E-state index in [1.165, 1.54) is 29.4 Å². The average molecular weight is 572 g/mol. The molecule has 2 bridgehead atoms. The van der Waals surface area contributed by atoms with Crippen LogP contribution in [0.25, 0.3) is 11.4 Å². The number of rotatable bonds is 5. The zero-order valence-corrected chi connectivity index (χ0v) is 22.4. The average Bonchev–Trinajstić information content (AvgIpc) is 3.30. The number of carbonyl (C=O) groups excluding carboxylic acids is 1. The van der Waals surface area contributed by atoms with Crippen molar-refractivity contribution in [1.82, 2.24) is 19.9 Å².